The number of thioether (sulfide) groups is 1. The molecule has 0 N–H and O–H groups in total. The summed E-state index contributed by atoms with van der Waals surface area (Å²) in [5.74, 6) is 1.58. The van der Waals surface area contributed by atoms with Gasteiger partial charge in [-0.2, -0.15) is 5.10 Å². The fraction of sp³-hybridized carbons (Fsp3) is 0.231. The van der Waals surface area contributed by atoms with E-state index < -0.39 is 0 Å². The molecule has 1 aliphatic rings. The van der Waals surface area contributed by atoms with E-state index in [2.05, 4.69) is 29.3 Å². The van der Waals surface area contributed by atoms with Gasteiger partial charge >= 0.3 is 0 Å². The first-order valence-electron chi connectivity index (χ1n) is 11.1. The van der Waals surface area contributed by atoms with Crippen LogP contribution in [0.3, 0.4) is 0 Å². The summed E-state index contributed by atoms with van der Waals surface area (Å²) in [4.78, 5) is 13.4. The predicted molar refractivity (Wildman–Crippen MR) is 132 cm³/mol. The molecule has 0 spiro atoms. The zero-order chi connectivity index (χ0) is 23.7. The zero-order valence-corrected chi connectivity index (χ0v) is 20.1. The van der Waals surface area contributed by atoms with Crippen molar-refractivity contribution in [2.45, 2.75) is 38.4 Å². The van der Waals surface area contributed by atoms with Crippen molar-refractivity contribution in [3.63, 3.8) is 0 Å². The average molecular weight is 472 g/mol. The second-order valence-electron chi connectivity index (χ2n) is 8.33. The van der Waals surface area contributed by atoms with Gasteiger partial charge in [0.05, 0.1) is 23.4 Å². The Kier molecular flexibility index (Phi) is 6.06. The molecule has 1 unspecified atom stereocenters. The van der Waals surface area contributed by atoms with Gasteiger partial charge in [-0.1, -0.05) is 59.8 Å². The Balaban J connectivity index is 1.39. The summed E-state index contributed by atoms with van der Waals surface area (Å²) in [7, 11) is 0. The molecule has 1 atom stereocenters. The van der Waals surface area contributed by atoms with E-state index in [4.69, 9.17) is 9.52 Å². The van der Waals surface area contributed by atoms with Gasteiger partial charge < -0.3 is 4.42 Å². The van der Waals surface area contributed by atoms with Crippen molar-refractivity contribution in [3.8, 4) is 5.69 Å². The number of aryl methyl sites for hydroxylation is 3. The number of benzene rings is 2. The molecule has 8 heteroatoms. The first kappa shape index (κ1) is 22.2. The molecule has 2 aromatic carbocycles. The number of furan rings is 1. The molecule has 3 heterocycles. The summed E-state index contributed by atoms with van der Waals surface area (Å²) in [6.45, 7) is 6.01. The maximum atomic E-state index is 13.4. The van der Waals surface area contributed by atoms with Crippen LogP contribution in [0.1, 0.15) is 40.7 Å². The maximum Gasteiger partial charge on any atom is 0.253 e. The lowest BCUT2D eigenvalue weighted by molar-refractivity contribution is -0.130. The highest BCUT2D eigenvalue weighted by Gasteiger charge is 2.35. The van der Waals surface area contributed by atoms with E-state index in [-0.39, 0.29) is 17.7 Å². The monoisotopic (exact) mass is 471 g/mol. The van der Waals surface area contributed by atoms with Crippen LogP contribution in [-0.4, -0.2) is 37.1 Å². The van der Waals surface area contributed by atoms with Crippen LogP contribution in [0.25, 0.3) is 5.69 Å². The third-order valence-electron chi connectivity index (χ3n) is 5.90. The van der Waals surface area contributed by atoms with E-state index in [1.165, 1.54) is 17.3 Å². The molecule has 1 amide bonds. The minimum absolute atomic E-state index is 0.106. The zero-order valence-electron chi connectivity index (χ0n) is 19.3. The van der Waals surface area contributed by atoms with Crippen LogP contribution < -0.4 is 0 Å². The Bertz CT molecular complexity index is 1340. The lowest BCUT2D eigenvalue weighted by Gasteiger charge is -2.19. The molecule has 0 fully saturated rings. The largest absolute Gasteiger partial charge is 0.467 e. The number of hydrazone groups is 1. The Morgan fingerprint density at radius 2 is 1.82 bits per heavy atom. The first-order chi connectivity index (χ1) is 16.5. The maximum absolute atomic E-state index is 13.4. The van der Waals surface area contributed by atoms with Crippen LogP contribution in [-0.2, 0) is 4.79 Å². The van der Waals surface area contributed by atoms with Gasteiger partial charge in [0.2, 0.25) is 0 Å². The van der Waals surface area contributed by atoms with Crippen molar-refractivity contribution in [2.75, 3.05) is 5.75 Å². The highest BCUT2D eigenvalue weighted by atomic mass is 32.2. The fourth-order valence-corrected chi connectivity index (χ4v) is 4.93. The van der Waals surface area contributed by atoms with E-state index in [0.29, 0.717) is 11.6 Å². The summed E-state index contributed by atoms with van der Waals surface area (Å²) in [5, 5.41) is 15.5. The van der Waals surface area contributed by atoms with Crippen molar-refractivity contribution in [1.82, 2.24) is 19.8 Å². The van der Waals surface area contributed by atoms with Gasteiger partial charge in [0.15, 0.2) is 5.16 Å². The Morgan fingerprint density at radius 1 is 1.03 bits per heavy atom. The van der Waals surface area contributed by atoms with E-state index in [0.717, 1.165) is 34.1 Å². The summed E-state index contributed by atoms with van der Waals surface area (Å²) in [6.07, 6.45) is 2.23. The van der Waals surface area contributed by atoms with Crippen LogP contribution in [0.5, 0.6) is 0 Å². The minimum atomic E-state index is -0.268. The molecule has 0 saturated carbocycles. The average Bonchev–Trinajstić information content (AvgIpc) is 3.58. The van der Waals surface area contributed by atoms with Crippen LogP contribution in [0, 0.1) is 20.8 Å². The van der Waals surface area contributed by atoms with Crippen molar-refractivity contribution >= 4 is 23.4 Å². The number of para-hydroxylation sites is 1. The second kappa shape index (κ2) is 9.30. The molecule has 0 bridgehead atoms. The topological polar surface area (TPSA) is 76.5 Å². The number of rotatable bonds is 6. The molecule has 2 aromatic heterocycles. The first-order valence-corrected chi connectivity index (χ1v) is 12.1. The van der Waals surface area contributed by atoms with Crippen LogP contribution in [0.4, 0.5) is 0 Å². The number of hydrogen-bond acceptors (Lipinski definition) is 6. The molecule has 5 rings (SSSR count). The molecular weight excluding hydrogens is 446 g/mol. The third kappa shape index (κ3) is 4.28. The number of carbonyl (C=O) groups is 1. The van der Waals surface area contributed by atoms with Crippen molar-refractivity contribution in [1.29, 1.82) is 0 Å². The number of aromatic nitrogens is 3. The van der Waals surface area contributed by atoms with Gasteiger partial charge in [-0.25, -0.2) is 5.01 Å². The molecule has 7 nitrogen and oxygen atoms in total. The fourth-order valence-electron chi connectivity index (χ4n) is 4.08. The Labute approximate surface area is 202 Å². The quantitative estimate of drug-likeness (QED) is 0.359. The van der Waals surface area contributed by atoms with E-state index in [1.807, 2.05) is 66.9 Å². The number of nitrogens with zero attached hydrogens (tertiary/aromatic N) is 5. The van der Waals surface area contributed by atoms with Gasteiger partial charge in [0.1, 0.15) is 17.6 Å². The van der Waals surface area contributed by atoms with Gasteiger partial charge in [0.25, 0.3) is 5.91 Å². The van der Waals surface area contributed by atoms with E-state index in [9.17, 15) is 4.79 Å². The normalized spacial score (nSPS) is 15.6. The lowest BCUT2D eigenvalue weighted by Crippen LogP contribution is -2.28. The molecule has 172 valence electrons. The van der Waals surface area contributed by atoms with Gasteiger partial charge in [-0.05, 0) is 50.1 Å². The van der Waals surface area contributed by atoms with Crippen LogP contribution >= 0.6 is 11.8 Å². The van der Waals surface area contributed by atoms with Gasteiger partial charge in [-0.3, -0.25) is 9.36 Å². The van der Waals surface area contributed by atoms with Crippen LogP contribution in [0.15, 0.2) is 81.6 Å². The highest BCUT2D eigenvalue weighted by Crippen LogP contribution is 2.34. The molecule has 0 aliphatic carbocycles. The van der Waals surface area contributed by atoms with Crippen LogP contribution in [0.2, 0.25) is 0 Å². The van der Waals surface area contributed by atoms with Gasteiger partial charge in [0, 0.05) is 6.42 Å². The number of carbonyl (C=O) groups excluding carboxylic acids is 1. The molecule has 0 saturated heterocycles. The summed E-state index contributed by atoms with van der Waals surface area (Å²) >= 11 is 1.36. The molecule has 1 aliphatic heterocycles. The van der Waals surface area contributed by atoms with E-state index in [1.54, 1.807) is 11.3 Å². The molecular formula is C26H25N5O2S. The highest BCUT2D eigenvalue weighted by molar-refractivity contribution is 7.99. The smallest absolute Gasteiger partial charge is 0.253 e. The van der Waals surface area contributed by atoms with Crippen molar-refractivity contribution in [3.05, 3.63) is 95.2 Å². The number of hydrogen-bond donors (Lipinski definition) is 0. The summed E-state index contributed by atoms with van der Waals surface area (Å²) in [5.41, 5.74) is 5.19. The Hall–Kier alpha value is -3.65. The summed E-state index contributed by atoms with van der Waals surface area (Å²) < 4.78 is 7.65. The van der Waals surface area contributed by atoms with Crippen molar-refractivity contribution in [2.24, 2.45) is 5.10 Å². The van der Waals surface area contributed by atoms with Gasteiger partial charge in [-0.15, -0.1) is 10.2 Å². The minimum Gasteiger partial charge on any atom is -0.467 e. The van der Waals surface area contributed by atoms with E-state index >= 15 is 0 Å². The van der Waals surface area contributed by atoms with Crippen molar-refractivity contribution < 1.29 is 9.21 Å². The molecule has 34 heavy (non-hydrogen) atoms. The third-order valence-corrected chi connectivity index (χ3v) is 6.81. The molecule has 0 radical (unpaired) electrons. The standard InChI is InChI=1S/C26H25N5O2S/c1-17-10-12-20(13-11-17)21-15-23(24-9-6-14-33-24)31(29-21)25(32)16-34-26-28-27-19(3)30(26)22-8-5-4-7-18(22)2/h4-14,23H,15-16H2,1-3H3. The predicted octanol–water partition coefficient (Wildman–Crippen LogP) is 5.26. The number of amides is 1. The Morgan fingerprint density at radius 3 is 2.56 bits per heavy atom. The lowest BCUT2D eigenvalue weighted by atomic mass is 10.0. The SMILES string of the molecule is Cc1ccc(C2=NN(C(=O)CSc3nnc(C)n3-c3ccccc3C)C(c3ccco3)C2)cc1. The summed E-state index contributed by atoms with van der Waals surface area (Å²) in [6, 6.07) is 19.7. The second-order valence-corrected chi connectivity index (χ2v) is 9.27. The molecule has 4 aromatic rings.